The Bertz CT molecular complexity index is 1340. The van der Waals surface area contributed by atoms with Crippen molar-refractivity contribution in [1.29, 1.82) is 0 Å². The standard InChI is InChI=1S/C24H24ClF3N6O3S/c1-23(2,36)24(11-37-22(35)34-24)10-16-17(15(29)5-6-31-21(27)28)18(13-4-3-12(26)9-14(13)25)33-19(32-16)20-30-7-8-38-20/h3-9,18,21,36H,10-11,29H2,1-2H3,(H,32,33)(H,34,35)/t18-,24-/m0/s1. The molecule has 1 aromatic carbocycles. The van der Waals surface area contributed by atoms with Crippen LogP contribution in [0.3, 0.4) is 0 Å². The third-order valence-corrected chi connectivity index (χ3v) is 7.33. The highest BCUT2D eigenvalue weighted by molar-refractivity contribution is 7.11. The second kappa shape index (κ2) is 10.8. The highest BCUT2D eigenvalue weighted by Crippen LogP contribution is 2.41. The predicted molar refractivity (Wildman–Crippen MR) is 138 cm³/mol. The number of carbonyl (C=O) groups excluding carboxylic acids is 1. The average molecular weight is 569 g/mol. The molecule has 5 N–H and O–H groups in total. The number of hydrogen-bond donors (Lipinski definition) is 4. The fourth-order valence-corrected chi connectivity index (χ4v) is 5.01. The third-order valence-electron chi connectivity index (χ3n) is 6.22. The van der Waals surface area contributed by atoms with E-state index in [0.29, 0.717) is 27.7 Å². The molecule has 1 saturated heterocycles. The van der Waals surface area contributed by atoms with Crippen LogP contribution in [0, 0.1) is 5.82 Å². The number of carbonyl (C=O) groups is 1. The van der Waals surface area contributed by atoms with Gasteiger partial charge in [-0.15, -0.1) is 11.3 Å². The number of aliphatic hydroxyl groups is 1. The second-order valence-electron chi connectivity index (χ2n) is 9.12. The first-order chi connectivity index (χ1) is 17.9. The van der Waals surface area contributed by atoms with Crippen molar-refractivity contribution in [3.8, 4) is 0 Å². The minimum absolute atomic E-state index is 0.000341. The van der Waals surface area contributed by atoms with Gasteiger partial charge in [0.25, 0.3) is 0 Å². The van der Waals surface area contributed by atoms with E-state index in [1.165, 1.54) is 43.4 Å². The number of benzene rings is 1. The van der Waals surface area contributed by atoms with Crippen molar-refractivity contribution in [3.05, 3.63) is 74.2 Å². The molecule has 4 rings (SSSR count). The van der Waals surface area contributed by atoms with Gasteiger partial charge in [0.2, 0.25) is 0 Å². The van der Waals surface area contributed by atoms with Crippen LogP contribution in [-0.2, 0) is 4.74 Å². The van der Waals surface area contributed by atoms with Gasteiger partial charge in [-0.3, -0.25) is 4.99 Å². The number of amides is 1. The molecule has 202 valence electrons. The number of halogens is 4. The molecule has 0 aliphatic carbocycles. The van der Waals surface area contributed by atoms with Crippen LogP contribution in [0.4, 0.5) is 18.0 Å². The Morgan fingerprint density at radius 1 is 1.47 bits per heavy atom. The summed E-state index contributed by atoms with van der Waals surface area (Å²) in [5.41, 5.74) is 4.66. The number of amidine groups is 1. The van der Waals surface area contributed by atoms with Crippen LogP contribution < -0.4 is 16.4 Å². The van der Waals surface area contributed by atoms with Gasteiger partial charge < -0.3 is 26.2 Å². The van der Waals surface area contributed by atoms with Gasteiger partial charge in [0, 0.05) is 51.8 Å². The summed E-state index contributed by atoms with van der Waals surface area (Å²) in [5, 5.41) is 19.2. The quantitative estimate of drug-likeness (QED) is 0.280. The molecule has 1 aromatic heterocycles. The number of nitrogens with zero attached hydrogens (tertiary/aromatic N) is 3. The van der Waals surface area contributed by atoms with E-state index in [2.05, 4.69) is 20.6 Å². The monoisotopic (exact) mass is 568 g/mol. The zero-order chi connectivity index (χ0) is 27.7. The van der Waals surface area contributed by atoms with Crippen LogP contribution >= 0.6 is 22.9 Å². The first-order valence-electron chi connectivity index (χ1n) is 11.3. The maximum atomic E-state index is 13.9. The van der Waals surface area contributed by atoms with Crippen molar-refractivity contribution >= 4 is 41.1 Å². The Hall–Kier alpha value is -3.42. The molecule has 2 aliphatic heterocycles. The molecule has 2 atom stereocenters. The van der Waals surface area contributed by atoms with Crippen molar-refractivity contribution in [1.82, 2.24) is 15.6 Å². The Kier molecular flexibility index (Phi) is 7.81. The van der Waals surface area contributed by atoms with E-state index in [9.17, 15) is 23.1 Å². The maximum Gasteiger partial charge on any atom is 0.407 e. The molecule has 14 heteroatoms. The Morgan fingerprint density at radius 3 is 2.82 bits per heavy atom. The smallest absolute Gasteiger partial charge is 0.407 e. The van der Waals surface area contributed by atoms with Gasteiger partial charge in [-0.05, 0) is 32.1 Å². The first kappa shape index (κ1) is 27.6. The number of cyclic esters (lactones) is 1. The van der Waals surface area contributed by atoms with Crippen molar-refractivity contribution in [3.63, 3.8) is 0 Å². The number of rotatable bonds is 8. The molecule has 0 bridgehead atoms. The topological polar surface area (TPSA) is 134 Å². The number of alkyl halides is 2. The van der Waals surface area contributed by atoms with Gasteiger partial charge in [0.1, 0.15) is 24.0 Å². The zero-order valence-electron chi connectivity index (χ0n) is 20.2. The lowest BCUT2D eigenvalue weighted by Crippen LogP contribution is -2.60. The molecule has 3 heterocycles. The van der Waals surface area contributed by atoms with Gasteiger partial charge in [0.05, 0.1) is 5.60 Å². The highest BCUT2D eigenvalue weighted by Gasteiger charge is 2.52. The molecule has 1 fully saturated rings. The van der Waals surface area contributed by atoms with Gasteiger partial charge in [-0.2, -0.15) is 8.78 Å². The summed E-state index contributed by atoms with van der Waals surface area (Å²) in [5.74, 6) is -0.240. The predicted octanol–water partition coefficient (Wildman–Crippen LogP) is 4.06. The fourth-order valence-electron chi connectivity index (χ4n) is 4.15. The SMILES string of the molecule is CC(C)(O)[C@]1(CC2=C(C(N)=CC=NC(F)F)[C@H](c3ccc(F)cc3Cl)N=C(c3nccs3)N2)COC(=O)N1. The van der Waals surface area contributed by atoms with Crippen LogP contribution in [0.15, 0.2) is 62.8 Å². The molecular weight excluding hydrogens is 545 g/mol. The Morgan fingerprint density at radius 2 is 2.24 bits per heavy atom. The number of allylic oxidation sites excluding steroid dienone is 1. The molecule has 38 heavy (non-hydrogen) atoms. The van der Waals surface area contributed by atoms with Crippen LogP contribution in [0.5, 0.6) is 0 Å². The molecule has 9 nitrogen and oxygen atoms in total. The van der Waals surface area contributed by atoms with E-state index < -0.39 is 35.6 Å². The van der Waals surface area contributed by atoms with Crippen molar-refractivity contribution in [2.45, 2.75) is 44.0 Å². The normalized spacial score (nSPS) is 22.5. The molecule has 0 spiro atoms. The number of alkyl carbamates (subject to hydrolysis) is 1. The molecule has 0 radical (unpaired) electrons. The summed E-state index contributed by atoms with van der Waals surface area (Å²) in [7, 11) is 0. The van der Waals surface area contributed by atoms with E-state index in [1.807, 2.05) is 0 Å². The summed E-state index contributed by atoms with van der Waals surface area (Å²) in [6.07, 6.45) is 2.86. The van der Waals surface area contributed by atoms with Crippen molar-refractivity contribution in [2.75, 3.05) is 6.61 Å². The first-order valence-corrected chi connectivity index (χ1v) is 12.5. The van der Waals surface area contributed by atoms with Crippen LogP contribution in [0.1, 0.15) is 36.9 Å². The minimum Gasteiger partial charge on any atom is -0.447 e. The van der Waals surface area contributed by atoms with Crippen molar-refractivity contribution < 1.29 is 27.8 Å². The summed E-state index contributed by atoms with van der Waals surface area (Å²) < 4.78 is 44.4. The van der Waals surface area contributed by atoms with Gasteiger partial charge in [-0.25, -0.2) is 19.2 Å². The highest BCUT2D eigenvalue weighted by atomic mass is 35.5. The molecule has 2 aliphatic rings. The van der Waals surface area contributed by atoms with E-state index in [-0.39, 0.29) is 23.7 Å². The summed E-state index contributed by atoms with van der Waals surface area (Å²) >= 11 is 7.72. The number of nitrogens with one attached hydrogen (secondary N) is 2. The molecule has 0 unspecified atom stereocenters. The van der Waals surface area contributed by atoms with Crippen LogP contribution in [0.25, 0.3) is 0 Å². The number of aliphatic imine (C=N–C) groups is 2. The average Bonchev–Trinajstić information content (AvgIpc) is 3.49. The maximum absolute atomic E-state index is 13.9. The van der Waals surface area contributed by atoms with Crippen LogP contribution in [-0.4, -0.2) is 52.5 Å². The van der Waals surface area contributed by atoms with E-state index in [4.69, 9.17) is 27.1 Å². The number of ether oxygens (including phenoxy) is 1. The van der Waals surface area contributed by atoms with Gasteiger partial charge in [0.15, 0.2) is 10.8 Å². The fraction of sp³-hybridized carbons (Fsp3) is 0.333. The van der Waals surface area contributed by atoms with Crippen molar-refractivity contribution in [2.24, 2.45) is 15.7 Å². The summed E-state index contributed by atoms with van der Waals surface area (Å²) in [6.45, 7) is -0.0818. The lowest BCUT2D eigenvalue weighted by atomic mass is 9.77. The Balaban J connectivity index is 1.94. The zero-order valence-corrected chi connectivity index (χ0v) is 21.8. The number of hydrogen-bond acceptors (Lipinski definition) is 9. The minimum atomic E-state index is -2.95. The van der Waals surface area contributed by atoms with E-state index >= 15 is 0 Å². The molecule has 1 amide bonds. The summed E-state index contributed by atoms with van der Waals surface area (Å²) in [6, 6.07) is 2.84. The summed E-state index contributed by atoms with van der Waals surface area (Å²) in [4.78, 5) is 24.2. The molecule has 2 aromatic rings. The molecular formula is C24H24ClF3N6O3S. The third kappa shape index (κ3) is 5.69. The second-order valence-corrected chi connectivity index (χ2v) is 10.4. The molecule has 0 saturated carbocycles. The van der Waals surface area contributed by atoms with Crippen LogP contribution in [0.2, 0.25) is 5.02 Å². The van der Waals surface area contributed by atoms with E-state index in [0.717, 1.165) is 12.3 Å². The Labute approximate surface area is 225 Å². The number of nitrogens with two attached hydrogens (primary N) is 1. The van der Waals surface area contributed by atoms with Gasteiger partial charge in [-0.1, -0.05) is 17.7 Å². The largest absolute Gasteiger partial charge is 0.447 e. The van der Waals surface area contributed by atoms with E-state index in [1.54, 1.807) is 11.6 Å². The van der Waals surface area contributed by atoms with Gasteiger partial charge >= 0.3 is 12.6 Å². The number of aromatic nitrogens is 1. The lowest BCUT2D eigenvalue weighted by molar-refractivity contribution is -0.0180. The lowest BCUT2D eigenvalue weighted by Gasteiger charge is -2.40. The number of thiazole rings is 1.